The Morgan fingerprint density at radius 2 is 2.06 bits per heavy atom. The summed E-state index contributed by atoms with van der Waals surface area (Å²) in [7, 11) is 3.80. The summed E-state index contributed by atoms with van der Waals surface area (Å²) in [5, 5.41) is 3.14. The highest BCUT2D eigenvalue weighted by Crippen LogP contribution is 2.18. The Kier molecular flexibility index (Phi) is 3.64. The van der Waals surface area contributed by atoms with Gasteiger partial charge in [0.1, 0.15) is 0 Å². The van der Waals surface area contributed by atoms with E-state index in [1.807, 2.05) is 37.2 Å². The number of amides is 1. The second-order valence-electron chi connectivity index (χ2n) is 4.43. The van der Waals surface area contributed by atoms with Crippen LogP contribution >= 0.6 is 0 Å². The standard InChI is InChI=1S/C13H19N3O/c1-14-8-12-9-16(10-13(17)15(12)2)11-6-4-3-5-7-11/h3-7,12,14H,8-10H2,1-2H3. The highest BCUT2D eigenvalue weighted by Gasteiger charge is 2.29. The van der Waals surface area contributed by atoms with Crippen molar-refractivity contribution in [3.05, 3.63) is 30.3 Å². The molecule has 4 heteroatoms. The van der Waals surface area contributed by atoms with Crippen LogP contribution in [0.1, 0.15) is 0 Å². The third-order valence-electron chi connectivity index (χ3n) is 3.26. The van der Waals surface area contributed by atoms with Crippen LogP contribution in [0.4, 0.5) is 5.69 Å². The van der Waals surface area contributed by atoms with E-state index in [2.05, 4.69) is 22.3 Å². The van der Waals surface area contributed by atoms with E-state index in [0.717, 1.165) is 18.8 Å². The number of anilines is 1. The Hall–Kier alpha value is -1.55. The van der Waals surface area contributed by atoms with Gasteiger partial charge in [0, 0.05) is 25.8 Å². The molecule has 0 saturated carbocycles. The molecule has 1 unspecified atom stereocenters. The van der Waals surface area contributed by atoms with E-state index in [9.17, 15) is 4.79 Å². The molecule has 1 aromatic rings. The lowest BCUT2D eigenvalue weighted by molar-refractivity contribution is -0.131. The second kappa shape index (κ2) is 5.19. The van der Waals surface area contributed by atoms with Crippen molar-refractivity contribution >= 4 is 11.6 Å². The maximum absolute atomic E-state index is 11.9. The summed E-state index contributed by atoms with van der Waals surface area (Å²) in [5.41, 5.74) is 1.12. The Morgan fingerprint density at radius 3 is 2.71 bits per heavy atom. The minimum atomic E-state index is 0.181. The molecular formula is C13H19N3O. The summed E-state index contributed by atoms with van der Waals surface area (Å²) >= 11 is 0. The molecule has 0 radical (unpaired) electrons. The quantitative estimate of drug-likeness (QED) is 0.828. The summed E-state index contributed by atoms with van der Waals surface area (Å²) < 4.78 is 0. The third-order valence-corrected chi connectivity index (χ3v) is 3.26. The van der Waals surface area contributed by atoms with Crippen molar-refractivity contribution in [3.8, 4) is 0 Å². The molecule has 1 aliphatic rings. The van der Waals surface area contributed by atoms with Gasteiger partial charge in [-0.15, -0.1) is 0 Å². The molecule has 1 heterocycles. The van der Waals surface area contributed by atoms with E-state index in [1.54, 1.807) is 0 Å². The van der Waals surface area contributed by atoms with E-state index in [-0.39, 0.29) is 11.9 Å². The Morgan fingerprint density at radius 1 is 1.35 bits per heavy atom. The Bertz CT molecular complexity index is 380. The van der Waals surface area contributed by atoms with Crippen molar-refractivity contribution in [1.82, 2.24) is 10.2 Å². The van der Waals surface area contributed by atoms with Crippen molar-refractivity contribution in [2.45, 2.75) is 6.04 Å². The smallest absolute Gasteiger partial charge is 0.242 e. The molecule has 92 valence electrons. The van der Waals surface area contributed by atoms with Gasteiger partial charge in [0.15, 0.2) is 0 Å². The number of nitrogens with zero attached hydrogens (tertiary/aromatic N) is 2. The lowest BCUT2D eigenvalue weighted by Gasteiger charge is -2.40. The van der Waals surface area contributed by atoms with Gasteiger partial charge in [-0.05, 0) is 19.2 Å². The average Bonchev–Trinajstić information content (AvgIpc) is 2.36. The first kappa shape index (κ1) is 11.9. The zero-order valence-corrected chi connectivity index (χ0v) is 10.4. The summed E-state index contributed by atoms with van der Waals surface area (Å²) in [5.74, 6) is 0.181. The molecule has 0 bridgehead atoms. The molecule has 1 aliphatic heterocycles. The molecule has 1 fully saturated rings. The molecule has 4 nitrogen and oxygen atoms in total. The van der Waals surface area contributed by atoms with Gasteiger partial charge in [0.25, 0.3) is 0 Å². The van der Waals surface area contributed by atoms with Crippen LogP contribution in [0.25, 0.3) is 0 Å². The molecular weight excluding hydrogens is 214 g/mol. The van der Waals surface area contributed by atoms with Crippen molar-refractivity contribution in [1.29, 1.82) is 0 Å². The fourth-order valence-electron chi connectivity index (χ4n) is 2.19. The van der Waals surface area contributed by atoms with E-state index in [0.29, 0.717) is 6.54 Å². The molecule has 1 amide bonds. The summed E-state index contributed by atoms with van der Waals surface area (Å²) in [6.07, 6.45) is 0. The van der Waals surface area contributed by atoms with Crippen LogP contribution in [-0.4, -0.2) is 50.6 Å². The normalized spacial score (nSPS) is 20.8. The number of hydrogen-bond donors (Lipinski definition) is 1. The molecule has 0 spiro atoms. The fraction of sp³-hybridized carbons (Fsp3) is 0.462. The van der Waals surface area contributed by atoms with E-state index in [4.69, 9.17) is 0 Å². The lowest BCUT2D eigenvalue weighted by atomic mass is 10.1. The minimum absolute atomic E-state index is 0.181. The van der Waals surface area contributed by atoms with Crippen LogP contribution in [0.3, 0.4) is 0 Å². The lowest BCUT2D eigenvalue weighted by Crippen LogP contribution is -2.57. The highest BCUT2D eigenvalue weighted by molar-refractivity contribution is 5.83. The zero-order valence-electron chi connectivity index (χ0n) is 10.4. The van der Waals surface area contributed by atoms with Crippen LogP contribution in [-0.2, 0) is 4.79 Å². The van der Waals surface area contributed by atoms with Gasteiger partial charge >= 0.3 is 0 Å². The van der Waals surface area contributed by atoms with Gasteiger partial charge in [-0.25, -0.2) is 0 Å². The van der Waals surface area contributed by atoms with Crippen molar-refractivity contribution in [3.63, 3.8) is 0 Å². The van der Waals surface area contributed by atoms with Crippen molar-refractivity contribution < 1.29 is 4.79 Å². The highest BCUT2D eigenvalue weighted by atomic mass is 16.2. The van der Waals surface area contributed by atoms with Gasteiger partial charge in [-0.1, -0.05) is 18.2 Å². The first-order valence-electron chi connectivity index (χ1n) is 5.92. The van der Waals surface area contributed by atoms with Crippen LogP contribution in [0, 0.1) is 0 Å². The largest absolute Gasteiger partial charge is 0.360 e. The number of carbonyl (C=O) groups is 1. The summed E-state index contributed by atoms with van der Waals surface area (Å²) in [6, 6.07) is 10.3. The number of piperazine rings is 1. The van der Waals surface area contributed by atoms with Gasteiger partial charge in [0.05, 0.1) is 12.6 Å². The number of nitrogens with one attached hydrogen (secondary N) is 1. The average molecular weight is 233 g/mol. The molecule has 1 N–H and O–H groups in total. The van der Waals surface area contributed by atoms with Crippen LogP contribution in [0.15, 0.2) is 30.3 Å². The predicted octanol–water partition coefficient (Wildman–Crippen LogP) is 0.553. The molecule has 17 heavy (non-hydrogen) atoms. The number of para-hydroxylation sites is 1. The first-order chi connectivity index (χ1) is 8.22. The predicted molar refractivity (Wildman–Crippen MR) is 69.1 cm³/mol. The third kappa shape index (κ3) is 2.58. The van der Waals surface area contributed by atoms with Gasteiger partial charge in [-0.3, -0.25) is 4.79 Å². The zero-order chi connectivity index (χ0) is 12.3. The molecule has 2 rings (SSSR count). The monoisotopic (exact) mass is 233 g/mol. The van der Waals surface area contributed by atoms with Gasteiger partial charge in [0.2, 0.25) is 5.91 Å². The molecule has 0 aliphatic carbocycles. The minimum Gasteiger partial charge on any atom is -0.360 e. The van der Waals surface area contributed by atoms with Crippen molar-refractivity contribution in [2.75, 3.05) is 38.6 Å². The fourth-order valence-corrected chi connectivity index (χ4v) is 2.19. The molecule has 1 atom stereocenters. The summed E-state index contributed by atoms with van der Waals surface area (Å²) in [6.45, 7) is 2.18. The van der Waals surface area contributed by atoms with E-state index in [1.165, 1.54) is 0 Å². The number of rotatable bonds is 3. The van der Waals surface area contributed by atoms with E-state index >= 15 is 0 Å². The SMILES string of the molecule is CNCC1CN(c2ccccc2)CC(=O)N1C. The summed E-state index contributed by atoms with van der Waals surface area (Å²) in [4.78, 5) is 15.9. The van der Waals surface area contributed by atoms with Crippen molar-refractivity contribution in [2.24, 2.45) is 0 Å². The number of likely N-dealkylation sites (N-methyl/N-ethyl adjacent to an activating group) is 2. The maximum atomic E-state index is 11.9. The van der Waals surface area contributed by atoms with Gasteiger partial charge < -0.3 is 15.1 Å². The van der Waals surface area contributed by atoms with E-state index < -0.39 is 0 Å². The topological polar surface area (TPSA) is 35.6 Å². The number of benzene rings is 1. The first-order valence-corrected chi connectivity index (χ1v) is 5.92. The maximum Gasteiger partial charge on any atom is 0.242 e. The Labute approximate surface area is 102 Å². The van der Waals surface area contributed by atoms with Crippen LogP contribution in [0.2, 0.25) is 0 Å². The Balaban J connectivity index is 2.13. The van der Waals surface area contributed by atoms with Crippen LogP contribution in [0.5, 0.6) is 0 Å². The van der Waals surface area contributed by atoms with Crippen LogP contribution < -0.4 is 10.2 Å². The molecule has 1 aromatic carbocycles. The second-order valence-corrected chi connectivity index (χ2v) is 4.43. The molecule has 0 aromatic heterocycles. The number of carbonyl (C=O) groups excluding carboxylic acids is 1. The molecule has 1 saturated heterocycles. The van der Waals surface area contributed by atoms with Gasteiger partial charge in [-0.2, -0.15) is 0 Å². The number of hydrogen-bond acceptors (Lipinski definition) is 3.